The normalized spacial score (nSPS) is 13.3. The molecule has 1 atom stereocenters. The predicted molar refractivity (Wildman–Crippen MR) is 121 cm³/mol. The van der Waals surface area contributed by atoms with E-state index >= 15 is 0 Å². The van der Waals surface area contributed by atoms with Gasteiger partial charge in [-0.15, -0.1) is 0 Å². The second-order valence-electron chi connectivity index (χ2n) is 5.82. The van der Waals surface area contributed by atoms with Crippen molar-refractivity contribution in [2.75, 3.05) is 0 Å². The number of unbranched alkanes of at least 4 members (excludes halogenated alkanes) is 5. The third-order valence-electron chi connectivity index (χ3n) is 3.99. The summed E-state index contributed by atoms with van der Waals surface area (Å²) in [6.07, 6.45) is 12.3. The Kier molecular flexibility index (Phi) is 11.6. The zero-order valence-corrected chi connectivity index (χ0v) is 19.4. The van der Waals surface area contributed by atoms with E-state index in [0.29, 0.717) is -0.565 Å². The Balaban J connectivity index is 2.31. The summed E-state index contributed by atoms with van der Waals surface area (Å²) < 4.78 is 0.353. The Morgan fingerprint density at radius 2 is 1.48 bits per heavy atom. The van der Waals surface area contributed by atoms with E-state index in [2.05, 4.69) is 105 Å². The van der Waals surface area contributed by atoms with Crippen molar-refractivity contribution in [3.05, 3.63) is 35.9 Å². The second kappa shape index (κ2) is 11.9. The monoisotopic (exact) mass is 624 g/mol. The summed E-state index contributed by atoms with van der Waals surface area (Å²) in [4.78, 5) is 0. The fourth-order valence-corrected chi connectivity index (χ4v) is 4.50. The van der Waals surface area contributed by atoms with E-state index in [1.807, 2.05) is 0 Å². The van der Waals surface area contributed by atoms with Gasteiger partial charge in [0.25, 0.3) is 0 Å². The van der Waals surface area contributed by atoms with Gasteiger partial charge >= 0.3 is 0 Å². The van der Waals surface area contributed by atoms with Crippen LogP contribution in [0, 0.1) is 5.92 Å². The number of hydrogen-bond acceptors (Lipinski definition) is 0. The predicted octanol–water partition coefficient (Wildman–Crippen LogP) is 7.94. The van der Waals surface area contributed by atoms with Crippen molar-refractivity contribution < 1.29 is 0 Å². The van der Waals surface area contributed by atoms with Crippen molar-refractivity contribution in [1.29, 1.82) is 0 Å². The van der Waals surface area contributed by atoms with Crippen LogP contribution in [-0.4, -0.2) is -0.565 Å². The van der Waals surface area contributed by atoms with Crippen molar-refractivity contribution in [3.63, 3.8) is 0 Å². The van der Waals surface area contributed by atoms with Gasteiger partial charge in [0.05, 0.1) is 0 Å². The van der Waals surface area contributed by atoms with Gasteiger partial charge in [-0.1, -0.05) is 144 Å². The van der Waals surface area contributed by atoms with Gasteiger partial charge in [0.2, 0.25) is 0 Å². The summed E-state index contributed by atoms with van der Waals surface area (Å²) in [6, 6.07) is 10.9. The summed E-state index contributed by atoms with van der Waals surface area (Å²) in [5.41, 5.74) is 1.49. The lowest BCUT2D eigenvalue weighted by molar-refractivity contribution is 0.456. The molecule has 0 radical (unpaired) electrons. The maximum absolute atomic E-state index is 2.63. The smallest absolute Gasteiger partial charge is 0.0654 e. The third-order valence-corrected chi connectivity index (χ3v) is 6.64. The lowest BCUT2D eigenvalue weighted by Crippen LogP contribution is -2.18. The fraction of sp³-hybridized carbons (Fsp3) is 0.667. The molecular formula is C18H27I3. The molecule has 0 aliphatic carbocycles. The van der Waals surface area contributed by atoms with Gasteiger partial charge in [-0.05, 0) is 30.7 Å². The molecule has 0 fully saturated rings. The highest BCUT2D eigenvalue weighted by Crippen LogP contribution is 2.46. The summed E-state index contributed by atoms with van der Waals surface area (Å²) in [5.74, 6) is 0.811. The van der Waals surface area contributed by atoms with Gasteiger partial charge in [-0.25, -0.2) is 0 Å². The van der Waals surface area contributed by atoms with Crippen LogP contribution in [0.4, 0.5) is 0 Å². The molecule has 0 saturated heterocycles. The number of aryl methyl sites for hydroxylation is 1. The quantitative estimate of drug-likeness (QED) is 0.133. The highest BCUT2D eigenvalue weighted by molar-refractivity contribution is 14.3. The van der Waals surface area contributed by atoms with Gasteiger partial charge in [-0.2, -0.15) is 0 Å². The fourth-order valence-electron chi connectivity index (χ4n) is 2.63. The summed E-state index contributed by atoms with van der Waals surface area (Å²) in [7, 11) is 0. The second-order valence-corrected chi connectivity index (χ2v) is 17.1. The van der Waals surface area contributed by atoms with Gasteiger partial charge in [0, 0.05) is 0 Å². The number of hydrogen-bond donors (Lipinski definition) is 0. The molecule has 0 saturated carbocycles. The van der Waals surface area contributed by atoms with E-state index < -0.39 is 0 Å². The molecule has 0 spiro atoms. The SMILES string of the molecule is CCCCCCCCC(CCc1ccccc1)C(I)(I)I. The molecule has 1 unspecified atom stereocenters. The molecule has 0 amide bonds. The molecule has 0 bridgehead atoms. The van der Waals surface area contributed by atoms with Crippen molar-refractivity contribution in [2.45, 2.75) is 64.1 Å². The van der Waals surface area contributed by atoms with E-state index in [0.717, 1.165) is 5.92 Å². The maximum Gasteiger partial charge on any atom is 0.127 e. The number of rotatable bonds is 11. The molecule has 0 aliphatic heterocycles. The minimum atomic E-state index is 0.353. The first kappa shape index (κ1) is 20.5. The summed E-state index contributed by atoms with van der Waals surface area (Å²) in [6.45, 7) is 2.29. The van der Waals surface area contributed by atoms with Crippen LogP contribution in [0.15, 0.2) is 30.3 Å². The molecule has 1 rings (SSSR count). The van der Waals surface area contributed by atoms with Gasteiger partial charge in [0.1, 0.15) is -0.565 Å². The van der Waals surface area contributed by atoms with E-state index in [9.17, 15) is 0 Å². The zero-order chi connectivity index (χ0) is 15.6. The molecular weight excluding hydrogens is 597 g/mol. The molecule has 0 aliphatic rings. The van der Waals surface area contributed by atoms with Crippen LogP contribution in [0.2, 0.25) is 0 Å². The minimum absolute atomic E-state index is 0.353. The summed E-state index contributed by atoms with van der Waals surface area (Å²) in [5, 5.41) is 0. The molecule has 120 valence electrons. The highest BCUT2D eigenvalue weighted by Gasteiger charge is 2.29. The number of halogens is 3. The van der Waals surface area contributed by atoms with E-state index in [4.69, 9.17) is 0 Å². The molecule has 0 aromatic heterocycles. The van der Waals surface area contributed by atoms with Gasteiger partial charge in [0.15, 0.2) is 0 Å². The Bertz CT molecular complexity index is 356. The number of benzene rings is 1. The van der Waals surface area contributed by atoms with Crippen LogP contribution in [0.1, 0.15) is 63.9 Å². The van der Waals surface area contributed by atoms with Crippen molar-refractivity contribution >= 4 is 67.8 Å². The maximum atomic E-state index is 2.63. The van der Waals surface area contributed by atoms with Crippen LogP contribution in [-0.2, 0) is 6.42 Å². The van der Waals surface area contributed by atoms with Crippen molar-refractivity contribution in [2.24, 2.45) is 5.92 Å². The van der Waals surface area contributed by atoms with E-state index in [1.54, 1.807) is 0 Å². The largest absolute Gasteiger partial charge is 0.127 e. The van der Waals surface area contributed by atoms with E-state index in [-0.39, 0.29) is 0 Å². The average molecular weight is 624 g/mol. The number of alkyl halides is 3. The Labute approximate surface area is 172 Å². The Hall–Kier alpha value is 1.41. The first-order chi connectivity index (χ1) is 10.0. The van der Waals surface area contributed by atoms with Crippen molar-refractivity contribution in [1.82, 2.24) is 0 Å². The first-order valence-electron chi connectivity index (χ1n) is 8.14. The molecule has 1 aromatic carbocycles. The van der Waals surface area contributed by atoms with Gasteiger partial charge in [-0.3, -0.25) is 0 Å². The van der Waals surface area contributed by atoms with Crippen LogP contribution in [0.5, 0.6) is 0 Å². The molecule has 0 heterocycles. The molecule has 3 heteroatoms. The lowest BCUT2D eigenvalue weighted by Gasteiger charge is -2.26. The van der Waals surface area contributed by atoms with Crippen LogP contribution in [0.3, 0.4) is 0 Å². The van der Waals surface area contributed by atoms with Crippen LogP contribution >= 0.6 is 67.8 Å². The van der Waals surface area contributed by atoms with E-state index in [1.165, 1.54) is 63.4 Å². The molecule has 0 nitrogen and oxygen atoms in total. The Morgan fingerprint density at radius 1 is 0.857 bits per heavy atom. The summed E-state index contributed by atoms with van der Waals surface area (Å²) >= 11 is 7.89. The third kappa shape index (κ3) is 9.99. The highest BCUT2D eigenvalue weighted by atomic mass is 127. The zero-order valence-electron chi connectivity index (χ0n) is 13.0. The first-order valence-corrected chi connectivity index (χ1v) is 11.4. The van der Waals surface area contributed by atoms with Crippen LogP contribution < -0.4 is 0 Å². The minimum Gasteiger partial charge on any atom is -0.0654 e. The molecule has 1 aromatic rings. The molecule has 0 N–H and O–H groups in total. The van der Waals surface area contributed by atoms with Crippen LogP contribution in [0.25, 0.3) is 0 Å². The van der Waals surface area contributed by atoms with Gasteiger partial charge < -0.3 is 0 Å². The average Bonchev–Trinajstić information content (AvgIpc) is 2.45. The lowest BCUT2D eigenvalue weighted by atomic mass is 9.95. The Morgan fingerprint density at radius 3 is 2.10 bits per heavy atom. The molecule has 21 heavy (non-hydrogen) atoms. The standard InChI is InChI=1S/C18H27I3/c1-2-3-4-5-6-10-13-17(18(19,20)21)15-14-16-11-8-7-9-12-16/h7-9,11-12,17H,2-6,10,13-15H2,1H3. The topological polar surface area (TPSA) is 0 Å². The van der Waals surface area contributed by atoms with Crippen molar-refractivity contribution in [3.8, 4) is 0 Å².